The van der Waals surface area contributed by atoms with Gasteiger partial charge in [0.1, 0.15) is 0 Å². The minimum Gasteiger partial charge on any atom is -0.468 e. The average Bonchev–Trinajstić information content (AvgIpc) is 3.03. The highest BCUT2D eigenvalue weighted by molar-refractivity contribution is 5.95. The highest BCUT2D eigenvalue weighted by atomic mass is 16.5. The lowest BCUT2D eigenvalue weighted by atomic mass is 9.94. The number of nitrogens with zero attached hydrogens (tertiary/aromatic N) is 1. The van der Waals surface area contributed by atoms with Crippen molar-refractivity contribution in [2.45, 2.75) is 19.0 Å². The van der Waals surface area contributed by atoms with E-state index in [-0.39, 0.29) is 12.5 Å². The van der Waals surface area contributed by atoms with Crippen LogP contribution in [0.25, 0.3) is 0 Å². The Bertz CT molecular complexity index is 805. The monoisotopic (exact) mass is 354 g/mol. The van der Waals surface area contributed by atoms with Gasteiger partial charge in [0.2, 0.25) is 0 Å². The molecule has 1 heterocycles. The molecule has 2 N–H and O–H groups in total. The number of hydrogen-bond acceptors (Lipinski definition) is 6. The molecule has 1 unspecified atom stereocenters. The molecule has 0 aliphatic carbocycles. The highest BCUT2D eigenvalue weighted by Gasteiger charge is 2.38. The number of nitrogens with two attached hydrogens (primary N) is 1. The third-order valence-electron chi connectivity index (χ3n) is 4.81. The number of nitrogen functional groups attached to an aromatic ring is 1. The van der Waals surface area contributed by atoms with Crippen LogP contribution in [0.2, 0.25) is 0 Å². The van der Waals surface area contributed by atoms with Gasteiger partial charge in [-0.05, 0) is 29.7 Å². The molecule has 0 amide bonds. The summed E-state index contributed by atoms with van der Waals surface area (Å²) in [7, 11) is 2.54. The van der Waals surface area contributed by atoms with Gasteiger partial charge in [0, 0.05) is 6.54 Å². The highest BCUT2D eigenvalue weighted by Crippen LogP contribution is 2.43. The number of rotatable bonds is 5. The molecule has 0 fully saturated rings. The fourth-order valence-electron chi connectivity index (χ4n) is 3.52. The lowest BCUT2D eigenvalue weighted by molar-refractivity contribution is -0.159. The number of ether oxygens (including phenoxy) is 2. The van der Waals surface area contributed by atoms with Crippen LogP contribution in [0.1, 0.15) is 23.6 Å². The molecule has 3 rings (SSSR count). The standard InChI is InChI=1S/C20H22N2O4/c1-25-19(23)15(20(24)26-2)11-18-14-8-4-3-7-13(14)12-22(18)17-10-6-5-9-16(17)21/h3-10,15,18H,11-12,21H2,1-2H3. The number of fused-ring (bicyclic) bond motifs is 1. The summed E-state index contributed by atoms with van der Waals surface area (Å²) in [6, 6.07) is 15.4. The third-order valence-corrected chi connectivity index (χ3v) is 4.81. The van der Waals surface area contributed by atoms with Crippen LogP contribution >= 0.6 is 0 Å². The van der Waals surface area contributed by atoms with E-state index >= 15 is 0 Å². The van der Waals surface area contributed by atoms with Gasteiger partial charge in [-0.15, -0.1) is 0 Å². The Morgan fingerprint density at radius 2 is 1.69 bits per heavy atom. The van der Waals surface area contributed by atoms with Crippen molar-refractivity contribution in [2.75, 3.05) is 24.9 Å². The zero-order valence-electron chi connectivity index (χ0n) is 14.8. The van der Waals surface area contributed by atoms with Crippen LogP contribution in [0.15, 0.2) is 48.5 Å². The lowest BCUT2D eigenvalue weighted by Crippen LogP contribution is -2.32. The largest absolute Gasteiger partial charge is 0.468 e. The van der Waals surface area contributed by atoms with Gasteiger partial charge >= 0.3 is 11.9 Å². The maximum atomic E-state index is 12.2. The predicted octanol–water partition coefficient (Wildman–Crippen LogP) is 2.68. The summed E-state index contributed by atoms with van der Waals surface area (Å²) in [5.41, 5.74) is 9.93. The van der Waals surface area contributed by atoms with Crippen LogP contribution in [0.3, 0.4) is 0 Å². The van der Waals surface area contributed by atoms with Crippen LogP contribution in [-0.4, -0.2) is 26.2 Å². The fraction of sp³-hybridized carbons (Fsp3) is 0.300. The Labute approximate surface area is 152 Å². The molecule has 136 valence electrons. The molecule has 6 heteroatoms. The van der Waals surface area contributed by atoms with Crippen LogP contribution in [-0.2, 0) is 25.6 Å². The van der Waals surface area contributed by atoms with Crippen molar-refractivity contribution < 1.29 is 19.1 Å². The first-order valence-corrected chi connectivity index (χ1v) is 8.41. The second kappa shape index (κ2) is 7.47. The second-order valence-corrected chi connectivity index (χ2v) is 6.24. The Kier molecular flexibility index (Phi) is 5.11. The lowest BCUT2D eigenvalue weighted by Gasteiger charge is -2.30. The number of esters is 2. The van der Waals surface area contributed by atoms with E-state index in [1.165, 1.54) is 14.2 Å². The summed E-state index contributed by atoms with van der Waals surface area (Å²) >= 11 is 0. The molecule has 1 aliphatic rings. The van der Waals surface area contributed by atoms with Crippen LogP contribution in [0, 0.1) is 5.92 Å². The first-order valence-electron chi connectivity index (χ1n) is 8.41. The summed E-state index contributed by atoms with van der Waals surface area (Å²) in [4.78, 5) is 26.4. The minimum absolute atomic E-state index is 0.181. The maximum Gasteiger partial charge on any atom is 0.320 e. The van der Waals surface area contributed by atoms with E-state index in [1.807, 2.05) is 48.5 Å². The van der Waals surface area contributed by atoms with Gasteiger partial charge in [-0.2, -0.15) is 0 Å². The molecule has 0 radical (unpaired) electrons. The van der Waals surface area contributed by atoms with Gasteiger partial charge in [0.05, 0.1) is 31.6 Å². The summed E-state index contributed by atoms with van der Waals surface area (Å²) in [6.07, 6.45) is 0.255. The molecular weight excluding hydrogens is 332 g/mol. The van der Waals surface area contributed by atoms with Crippen molar-refractivity contribution in [1.82, 2.24) is 0 Å². The first kappa shape index (κ1) is 17.8. The van der Waals surface area contributed by atoms with Gasteiger partial charge in [-0.1, -0.05) is 36.4 Å². The zero-order valence-corrected chi connectivity index (χ0v) is 14.8. The number of para-hydroxylation sites is 2. The van der Waals surface area contributed by atoms with Crippen molar-refractivity contribution in [3.63, 3.8) is 0 Å². The topological polar surface area (TPSA) is 81.9 Å². The van der Waals surface area contributed by atoms with E-state index in [1.54, 1.807) is 0 Å². The number of anilines is 2. The molecule has 1 aliphatic heterocycles. The quantitative estimate of drug-likeness (QED) is 0.505. The summed E-state index contributed by atoms with van der Waals surface area (Å²) in [5, 5.41) is 0. The summed E-state index contributed by atoms with van der Waals surface area (Å²) in [6.45, 7) is 0.657. The van der Waals surface area contributed by atoms with Gasteiger partial charge in [0.15, 0.2) is 5.92 Å². The fourth-order valence-corrected chi connectivity index (χ4v) is 3.52. The van der Waals surface area contributed by atoms with Crippen LogP contribution < -0.4 is 10.6 Å². The number of benzene rings is 2. The van der Waals surface area contributed by atoms with E-state index in [9.17, 15) is 9.59 Å². The molecular formula is C20H22N2O4. The van der Waals surface area contributed by atoms with Crippen LogP contribution in [0.4, 0.5) is 11.4 Å². The molecule has 26 heavy (non-hydrogen) atoms. The van der Waals surface area contributed by atoms with Gasteiger partial charge in [-0.25, -0.2) is 0 Å². The Balaban J connectivity index is 2.00. The van der Waals surface area contributed by atoms with Crippen molar-refractivity contribution in [1.29, 1.82) is 0 Å². The van der Waals surface area contributed by atoms with E-state index in [4.69, 9.17) is 15.2 Å². The van der Waals surface area contributed by atoms with Gasteiger partial charge in [-0.3, -0.25) is 9.59 Å². The molecule has 0 saturated carbocycles. The normalized spacial score (nSPS) is 15.7. The van der Waals surface area contributed by atoms with Crippen molar-refractivity contribution in [3.8, 4) is 0 Å². The maximum absolute atomic E-state index is 12.2. The summed E-state index contributed by atoms with van der Waals surface area (Å²) < 4.78 is 9.63. The Hall–Kier alpha value is -3.02. The molecule has 0 aromatic heterocycles. The SMILES string of the molecule is COC(=O)C(CC1c2ccccc2CN1c1ccccc1N)C(=O)OC. The van der Waals surface area contributed by atoms with Gasteiger partial charge < -0.3 is 20.1 Å². The molecule has 2 aromatic carbocycles. The average molecular weight is 354 g/mol. The third kappa shape index (κ3) is 3.22. The molecule has 2 aromatic rings. The minimum atomic E-state index is -0.992. The molecule has 6 nitrogen and oxygen atoms in total. The molecule has 0 spiro atoms. The van der Waals surface area contributed by atoms with Crippen molar-refractivity contribution >= 4 is 23.3 Å². The van der Waals surface area contributed by atoms with E-state index in [0.29, 0.717) is 12.2 Å². The van der Waals surface area contributed by atoms with Crippen LogP contribution in [0.5, 0.6) is 0 Å². The number of carbonyl (C=O) groups is 2. The number of hydrogen-bond donors (Lipinski definition) is 1. The Morgan fingerprint density at radius 1 is 1.08 bits per heavy atom. The van der Waals surface area contributed by atoms with Gasteiger partial charge in [0.25, 0.3) is 0 Å². The molecule has 0 bridgehead atoms. The first-order chi connectivity index (χ1) is 12.6. The van der Waals surface area contributed by atoms with Crippen molar-refractivity contribution in [3.05, 3.63) is 59.7 Å². The van der Waals surface area contributed by atoms with E-state index < -0.39 is 17.9 Å². The van der Waals surface area contributed by atoms with E-state index in [0.717, 1.165) is 16.8 Å². The second-order valence-electron chi connectivity index (χ2n) is 6.24. The smallest absolute Gasteiger partial charge is 0.320 e. The van der Waals surface area contributed by atoms with E-state index in [2.05, 4.69) is 4.90 Å². The summed E-state index contributed by atoms with van der Waals surface area (Å²) in [5.74, 6) is -2.18. The number of carbonyl (C=O) groups excluding carboxylic acids is 2. The molecule has 0 saturated heterocycles. The number of methoxy groups -OCH3 is 2. The molecule has 1 atom stereocenters. The zero-order chi connectivity index (χ0) is 18.7. The van der Waals surface area contributed by atoms with Crippen molar-refractivity contribution in [2.24, 2.45) is 5.92 Å². The predicted molar refractivity (Wildman–Crippen MR) is 98.4 cm³/mol. The Morgan fingerprint density at radius 3 is 2.35 bits per heavy atom.